The van der Waals surface area contributed by atoms with Gasteiger partial charge in [0.25, 0.3) is 5.91 Å². The van der Waals surface area contributed by atoms with Crippen LogP contribution in [0.25, 0.3) is 22.3 Å². The fraction of sp³-hybridized carbons (Fsp3) is 0.0870. The largest absolute Gasteiger partial charge is 0.492 e. The van der Waals surface area contributed by atoms with Crippen molar-refractivity contribution >= 4 is 57.5 Å². The van der Waals surface area contributed by atoms with Gasteiger partial charge >= 0.3 is 0 Å². The van der Waals surface area contributed by atoms with Crippen LogP contribution in [0.4, 0.5) is 0 Å². The molecule has 0 fully saturated rings. The summed E-state index contributed by atoms with van der Waals surface area (Å²) in [5.41, 5.74) is 3.53. The van der Waals surface area contributed by atoms with Crippen molar-refractivity contribution in [2.24, 2.45) is 4.99 Å². The molecular weight excluding hydrogens is 471 g/mol. The zero-order valence-corrected chi connectivity index (χ0v) is 18.6. The van der Waals surface area contributed by atoms with Crippen molar-refractivity contribution in [1.82, 2.24) is 15.0 Å². The predicted octanol–water partition coefficient (Wildman–Crippen LogP) is 6.06. The summed E-state index contributed by atoms with van der Waals surface area (Å²) >= 11 is 18.8. The van der Waals surface area contributed by atoms with Crippen molar-refractivity contribution < 1.29 is 9.53 Å². The Hall–Kier alpha value is -3.06. The number of fused-ring (bicyclic) bond motifs is 2. The number of halogens is 3. The quantitative estimate of drug-likeness (QED) is 0.346. The molecule has 9 heteroatoms. The number of hydrogen-bond acceptors (Lipinski definition) is 5. The number of pyridine rings is 1. The maximum absolute atomic E-state index is 13.0. The highest BCUT2D eigenvalue weighted by Gasteiger charge is 2.21. The second-order valence-corrected chi connectivity index (χ2v) is 8.27. The Bertz CT molecular complexity index is 1400. The third-order valence-corrected chi connectivity index (χ3v) is 5.81. The fourth-order valence-corrected chi connectivity index (χ4v) is 4.34. The average Bonchev–Trinajstić information content (AvgIpc) is 2.78. The van der Waals surface area contributed by atoms with E-state index in [0.29, 0.717) is 56.8 Å². The van der Waals surface area contributed by atoms with Crippen LogP contribution in [0.3, 0.4) is 0 Å². The van der Waals surface area contributed by atoms with Crippen LogP contribution in [0.2, 0.25) is 15.1 Å². The highest BCUT2D eigenvalue weighted by molar-refractivity contribution is 6.38. The van der Waals surface area contributed by atoms with E-state index < -0.39 is 5.91 Å². The maximum Gasteiger partial charge on any atom is 0.280 e. The lowest BCUT2D eigenvalue weighted by Crippen LogP contribution is -2.17. The van der Waals surface area contributed by atoms with Gasteiger partial charge in [0.2, 0.25) is 0 Å². The van der Waals surface area contributed by atoms with Crippen molar-refractivity contribution in [2.45, 2.75) is 6.42 Å². The van der Waals surface area contributed by atoms with E-state index in [1.165, 1.54) is 12.5 Å². The summed E-state index contributed by atoms with van der Waals surface area (Å²) < 4.78 is 5.63. The summed E-state index contributed by atoms with van der Waals surface area (Å²) in [4.78, 5) is 30.3. The molecule has 0 bridgehead atoms. The molecule has 3 heterocycles. The first-order valence-electron chi connectivity index (χ1n) is 9.61. The Morgan fingerprint density at radius 3 is 2.56 bits per heavy atom. The van der Waals surface area contributed by atoms with Crippen molar-refractivity contribution in [1.29, 1.82) is 0 Å². The summed E-state index contributed by atoms with van der Waals surface area (Å²) in [5.74, 6) is 0.202. The van der Waals surface area contributed by atoms with Gasteiger partial charge in [0.1, 0.15) is 28.8 Å². The fourth-order valence-electron chi connectivity index (χ4n) is 3.55. The van der Waals surface area contributed by atoms with E-state index in [1.54, 1.807) is 18.2 Å². The molecule has 0 unspecified atom stereocenters. The zero-order chi connectivity index (χ0) is 22.2. The molecule has 158 valence electrons. The van der Waals surface area contributed by atoms with Gasteiger partial charge in [-0.25, -0.2) is 15.0 Å². The lowest BCUT2D eigenvalue weighted by Gasteiger charge is -2.18. The van der Waals surface area contributed by atoms with E-state index in [-0.39, 0.29) is 10.6 Å². The van der Waals surface area contributed by atoms with Crippen LogP contribution in [0, 0.1) is 0 Å². The Balaban J connectivity index is 1.58. The van der Waals surface area contributed by atoms with Crippen molar-refractivity contribution in [3.63, 3.8) is 0 Å². The average molecular weight is 484 g/mol. The van der Waals surface area contributed by atoms with Crippen LogP contribution < -0.4 is 4.74 Å². The molecule has 2 aromatic heterocycles. The second-order valence-electron chi connectivity index (χ2n) is 7.02. The van der Waals surface area contributed by atoms with Crippen molar-refractivity contribution in [3.8, 4) is 17.0 Å². The maximum atomic E-state index is 13.0. The molecule has 0 atom stereocenters. The van der Waals surface area contributed by atoms with Crippen LogP contribution in [-0.4, -0.2) is 33.2 Å². The van der Waals surface area contributed by atoms with Gasteiger partial charge in [0.05, 0.1) is 22.9 Å². The molecule has 1 amide bonds. The molecule has 4 aromatic rings. The Morgan fingerprint density at radius 1 is 0.969 bits per heavy atom. The van der Waals surface area contributed by atoms with Gasteiger partial charge < -0.3 is 4.74 Å². The molecule has 0 aliphatic carbocycles. The third kappa shape index (κ3) is 3.81. The number of nitrogens with zero attached hydrogens (tertiary/aromatic N) is 4. The Kier molecular flexibility index (Phi) is 5.51. The number of ether oxygens (including phenoxy) is 1. The highest BCUT2D eigenvalue weighted by atomic mass is 35.5. The van der Waals surface area contributed by atoms with Crippen LogP contribution >= 0.6 is 34.8 Å². The molecule has 0 spiro atoms. The van der Waals surface area contributed by atoms with E-state index in [2.05, 4.69) is 19.9 Å². The van der Waals surface area contributed by atoms with Gasteiger partial charge in [-0.1, -0.05) is 46.9 Å². The third-order valence-electron chi connectivity index (χ3n) is 4.99. The number of amides is 1. The zero-order valence-electron chi connectivity index (χ0n) is 16.3. The second kappa shape index (κ2) is 8.47. The lowest BCUT2D eigenvalue weighted by molar-refractivity contribution is 0.100. The van der Waals surface area contributed by atoms with E-state index >= 15 is 0 Å². The van der Waals surface area contributed by atoms with Gasteiger partial charge in [0.15, 0.2) is 0 Å². The first kappa shape index (κ1) is 20.8. The molecule has 2 aromatic carbocycles. The first-order valence-corrected chi connectivity index (χ1v) is 10.7. The standard InChI is InChI=1S/C23H13Cl3N4O2/c24-13-7-12(8-14(25)9-13)20-22-21(29-11-28-20)19(26)16(10-27-22)23(31)30-17-5-6-32-18-4-2-1-3-15(17)18/h1-4,7-11H,5-6H2. The number of carbonyl (C=O) groups is 1. The highest BCUT2D eigenvalue weighted by Crippen LogP contribution is 2.33. The minimum Gasteiger partial charge on any atom is -0.492 e. The van der Waals surface area contributed by atoms with Crippen molar-refractivity contribution in [2.75, 3.05) is 6.61 Å². The smallest absolute Gasteiger partial charge is 0.280 e. The van der Waals surface area contributed by atoms with Crippen LogP contribution in [0.1, 0.15) is 22.3 Å². The molecular formula is C23H13Cl3N4O2. The number of carbonyl (C=O) groups excluding carboxylic acids is 1. The molecule has 0 saturated carbocycles. The minimum atomic E-state index is -0.498. The van der Waals surface area contributed by atoms with Gasteiger partial charge in [-0.3, -0.25) is 9.78 Å². The van der Waals surface area contributed by atoms with Crippen LogP contribution in [0.5, 0.6) is 5.75 Å². The molecule has 0 radical (unpaired) electrons. The molecule has 0 N–H and O–H groups in total. The van der Waals surface area contributed by atoms with Gasteiger partial charge in [0, 0.05) is 33.8 Å². The molecule has 0 saturated heterocycles. The molecule has 5 rings (SSSR count). The lowest BCUT2D eigenvalue weighted by atomic mass is 10.0. The number of rotatable bonds is 2. The Labute approximate surface area is 197 Å². The molecule has 6 nitrogen and oxygen atoms in total. The molecule has 1 aliphatic heterocycles. The van der Waals surface area contributed by atoms with E-state index in [0.717, 1.165) is 5.56 Å². The Morgan fingerprint density at radius 2 is 1.75 bits per heavy atom. The van der Waals surface area contributed by atoms with Gasteiger partial charge in [-0.15, -0.1) is 0 Å². The monoisotopic (exact) mass is 482 g/mol. The van der Waals surface area contributed by atoms with E-state index in [4.69, 9.17) is 39.5 Å². The number of hydrogen-bond donors (Lipinski definition) is 0. The summed E-state index contributed by atoms with van der Waals surface area (Å²) in [6, 6.07) is 12.5. The predicted molar refractivity (Wildman–Crippen MR) is 125 cm³/mol. The van der Waals surface area contributed by atoms with Gasteiger partial charge in [-0.05, 0) is 30.3 Å². The van der Waals surface area contributed by atoms with E-state index in [9.17, 15) is 4.79 Å². The topological polar surface area (TPSA) is 77.3 Å². The summed E-state index contributed by atoms with van der Waals surface area (Å²) in [6.45, 7) is 0.450. The molecule has 1 aliphatic rings. The normalized spacial score (nSPS) is 14.3. The summed E-state index contributed by atoms with van der Waals surface area (Å²) in [5, 5.41) is 1.08. The summed E-state index contributed by atoms with van der Waals surface area (Å²) in [7, 11) is 0. The summed E-state index contributed by atoms with van der Waals surface area (Å²) in [6.07, 6.45) is 3.26. The SMILES string of the molecule is O=C(N=C1CCOc2ccccc21)c1cnc2c(-c3cc(Cl)cc(Cl)c3)ncnc2c1Cl. The first-order chi connectivity index (χ1) is 15.5. The van der Waals surface area contributed by atoms with Gasteiger partial charge in [-0.2, -0.15) is 0 Å². The number of benzene rings is 2. The van der Waals surface area contributed by atoms with Crippen LogP contribution in [0.15, 0.2) is 60.0 Å². The number of aliphatic imine (C=N–C) groups is 1. The van der Waals surface area contributed by atoms with Crippen molar-refractivity contribution in [3.05, 3.63) is 81.2 Å². The number of aromatic nitrogens is 3. The van der Waals surface area contributed by atoms with Crippen LogP contribution in [-0.2, 0) is 0 Å². The van der Waals surface area contributed by atoms with E-state index in [1.807, 2.05) is 24.3 Å². The minimum absolute atomic E-state index is 0.154. The number of para-hydroxylation sites is 1. The molecule has 32 heavy (non-hydrogen) atoms.